The highest BCUT2D eigenvalue weighted by atomic mass is 32.2. The summed E-state index contributed by atoms with van der Waals surface area (Å²) >= 11 is 0. The predicted octanol–water partition coefficient (Wildman–Crippen LogP) is -0.0220. The predicted molar refractivity (Wildman–Crippen MR) is 68.6 cm³/mol. The van der Waals surface area contributed by atoms with Gasteiger partial charge < -0.3 is 5.32 Å². The lowest BCUT2D eigenvalue weighted by Crippen LogP contribution is -2.34. The van der Waals surface area contributed by atoms with Crippen molar-refractivity contribution in [1.29, 1.82) is 0 Å². The zero-order valence-corrected chi connectivity index (χ0v) is 11.8. The third kappa shape index (κ3) is 5.83. The monoisotopic (exact) mass is 283 g/mol. The van der Waals surface area contributed by atoms with Crippen LogP contribution in [0, 0.1) is 0 Å². The Morgan fingerprint density at radius 2 is 2.00 bits per heavy atom. The highest BCUT2D eigenvalue weighted by Crippen LogP contribution is 2.10. The van der Waals surface area contributed by atoms with Crippen LogP contribution >= 0.6 is 0 Å². The maximum Gasteiger partial charge on any atom is 0.151 e. The smallest absolute Gasteiger partial charge is 0.151 e. The Morgan fingerprint density at radius 1 is 1.29 bits per heavy atom. The maximum absolute atomic E-state index is 11.5. The van der Waals surface area contributed by atoms with Gasteiger partial charge in [-0.25, -0.2) is 16.8 Å². The van der Waals surface area contributed by atoms with Gasteiger partial charge in [-0.15, -0.1) is 0 Å². The minimum Gasteiger partial charge on any atom is -0.312 e. The highest BCUT2D eigenvalue weighted by molar-refractivity contribution is 7.91. The van der Waals surface area contributed by atoms with Gasteiger partial charge in [0.2, 0.25) is 0 Å². The summed E-state index contributed by atoms with van der Waals surface area (Å²) in [5, 5.41) is 3.01. The van der Waals surface area contributed by atoms with Gasteiger partial charge in [0.25, 0.3) is 0 Å². The molecule has 0 bridgehead atoms. The molecule has 7 heteroatoms. The van der Waals surface area contributed by atoms with Gasteiger partial charge in [-0.1, -0.05) is 13.3 Å². The van der Waals surface area contributed by atoms with Crippen molar-refractivity contribution >= 4 is 19.7 Å². The third-order valence-corrected chi connectivity index (χ3v) is 6.39. The van der Waals surface area contributed by atoms with Crippen molar-refractivity contribution in [3.05, 3.63) is 0 Å². The molecule has 0 aliphatic carbocycles. The van der Waals surface area contributed by atoms with Gasteiger partial charge in [0.15, 0.2) is 19.7 Å². The summed E-state index contributed by atoms with van der Waals surface area (Å²) in [6, 6.07) is -0.0682. The van der Waals surface area contributed by atoms with Gasteiger partial charge >= 0.3 is 0 Å². The zero-order chi connectivity index (χ0) is 12.9. The first-order valence-corrected chi connectivity index (χ1v) is 9.63. The minimum atomic E-state index is -2.98. The number of nitrogens with one attached hydrogen (secondary N) is 1. The van der Waals surface area contributed by atoms with Crippen LogP contribution < -0.4 is 5.32 Å². The standard InChI is InChI=1S/C10H21NO4S2/c1-2-3-6-16(12,13)8-5-11-10-4-7-17(14,15)9-10/h10-11H,2-9H2,1H3. The molecule has 1 atom stereocenters. The molecule has 1 unspecified atom stereocenters. The molecular weight excluding hydrogens is 262 g/mol. The molecule has 1 N–H and O–H groups in total. The lowest BCUT2D eigenvalue weighted by Gasteiger charge is -2.10. The molecule has 5 nitrogen and oxygen atoms in total. The SMILES string of the molecule is CCCCS(=O)(=O)CCNC1CCS(=O)(=O)C1. The summed E-state index contributed by atoms with van der Waals surface area (Å²) in [6.07, 6.45) is 2.16. The molecular formula is C10H21NO4S2. The average Bonchev–Trinajstić information content (AvgIpc) is 2.55. The fourth-order valence-electron chi connectivity index (χ4n) is 1.84. The van der Waals surface area contributed by atoms with E-state index in [1.54, 1.807) is 0 Å². The Bertz CT molecular complexity index is 427. The van der Waals surface area contributed by atoms with Crippen molar-refractivity contribution in [3.63, 3.8) is 0 Å². The molecule has 0 saturated carbocycles. The molecule has 0 radical (unpaired) electrons. The summed E-state index contributed by atoms with van der Waals surface area (Å²) in [5.74, 6) is 0.687. The molecule has 1 rings (SSSR count). The largest absolute Gasteiger partial charge is 0.312 e. The van der Waals surface area contributed by atoms with Crippen LogP contribution in [0.15, 0.2) is 0 Å². The summed E-state index contributed by atoms with van der Waals surface area (Å²) in [5.41, 5.74) is 0. The Hall–Kier alpha value is -0.140. The van der Waals surface area contributed by atoms with E-state index in [9.17, 15) is 16.8 Å². The molecule has 0 spiro atoms. The average molecular weight is 283 g/mol. The molecule has 17 heavy (non-hydrogen) atoms. The maximum atomic E-state index is 11.5. The van der Waals surface area contributed by atoms with Crippen molar-refractivity contribution in [1.82, 2.24) is 5.32 Å². The fraction of sp³-hybridized carbons (Fsp3) is 1.00. The van der Waals surface area contributed by atoms with Gasteiger partial charge in [-0.3, -0.25) is 0 Å². The summed E-state index contributed by atoms with van der Waals surface area (Å²) in [4.78, 5) is 0. The molecule has 1 aliphatic heterocycles. The summed E-state index contributed by atoms with van der Waals surface area (Å²) in [7, 11) is -5.86. The Kier molecular flexibility index (Phi) is 5.40. The van der Waals surface area contributed by atoms with Crippen LogP contribution in [0.3, 0.4) is 0 Å². The summed E-state index contributed by atoms with van der Waals surface area (Å²) in [6.45, 7) is 2.31. The van der Waals surface area contributed by atoms with Crippen molar-refractivity contribution in [2.24, 2.45) is 0 Å². The Balaban J connectivity index is 2.24. The first-order chi connectivity index (χ1) is 7.85. The minimum absolute atomic E-state index is 0.0682. The van der Waals surface area contributed by atoms with E-state index < -0.39 is 19.7 Å². The number of hydrogen-bond donors (Lipinski definition) is 1. The number of unbranched alkanes of at least 4 members (excludes halogenated alkanes) is 1. The van der Waals surface area contributed by atoms with Crippen LogP contribution in [0.4, 0.5) is 0 Å². The second-order valence-corrected chi connectivity index (χ2v) is 9.09. The van der Waals surface area contributed by atoms with Crippen molar-refractivity contribution < 1.29 is 16.8 Å². The molecule has 1 fully saturated rings. The van der Waals surface area contributed by atoms with Crippen LogP contribution in [0.1, 0.15) is 26.2 Å². The van der Waals surface area contributed by atoms with Gasteiger partial charge in [0.1, 0.15) is 0 Å². The fourth-order valence-corrected chi connectivity index (χ4v) is 4.91. The summed E-state index contributed by atoms with van der Waals surface area (Å²) < 4.78 is 45.4. The number of sulfone groups is 2. The topological polar surface area (TPSA) is 80.3 Å². The van der Waals surface area contributed by atoms with E-state index in [1.807, 2.05) is 6.92 Å². The molecule has 1 heterocycles. The van der Waals surface area contributed by atoms with Crippen molar-refractivity contribution in [2.45, 2.75) is 32.2 Å². The molecule has 0 aromatic rings. The van der Waals surface area contributed by atoms with Gasteiger partial charge in [0, 0.05) is 12.6 Å². The lowest BCUT2D eigenvalue weighted by molar-refractivity contribution is 0.559. The molecule has 102 valence electrons. The van der Waals surface area contributed by atoms with Crippen molar-refractivity contribution in [3.8, 4) is 0 Å². The van der Waals surface area contributed by atoms with E-state index in [0.717, 1.165) is 6.42 Å². The third-order valence-electron chi connectivity index (χ3n) is 2.89. The highest BCUT2D eigenvalue weighted by Gasteiger charge is 2.27. The van der Waals surface area contributed by atoms with Crippen LogP contribution in [-0.4, -0.2) is 52.4 Å². The number of hydrogen-bond acceptors (Lipinski definition) is 5. The first kappa shape index (κ1) is 14.9. The van der Waals surface area contributed by atoms with E-state index in [-0.39, 0.29) is 29.1 Å². The van der Waals surface area contributed by atoms with Crippen LogP contribution in [0.5, 0.6) is 0 Å². The molecule has 0 aromatic heterocycles. The van der Waals surface area contributed by atoms with Gasteiger partial charge in [-0.05, 0) is 12.8 Å². The van der Waals surface area contributed by atoms with Crippen LogP contribution in [0.25, 0.3) is 0 Å². The molecule has 0 amide bonds. The van der Waals surface area contributed by atoms with E-state index in [1.165, 1.54) is 0 Å². The Morgan fingerprint density at radius 3 is 2.53 bits per heavy atom. The first-order valence-electron chi connectivity index (χ1n) is 5.99. The number of rotatable bonds is 7. The van der Waals surface area contributed by atoms with E-state index >= 15 is 0 Å². The van der Waals surface area contributed by atoms with Gasteiger partial charge in [-0.2, -0.15) is 0 Å². The van der Waals surface area contributed by atoms with Gasteiger partial charge in [0.05, 0.1) is 23.0 Å². The molecule has 0 aromatic carbocycles. The molecule has 1 aliphatic rings. The van der Waals surface area contributed by atoms with E-state index in [2.05, 4.69) is 5.32 Å². The second kappa shape index (κ2) is 6.15. The normalized spacial score (nSPS) is 23.9. The molecule has 1 saturated heterocycles. The quantitative estimate of drug-likeness (QED) is 0.710. The lowest BCUT2D eigenvalue weighted by atomic mass is 10.3. The van der Waals surface area contributed by atoms with Crippen LogP contribution in [-0.2, 0) is 19.7 Å². The zero-order valence-electron chi connectivity index (χ0n) is 10.2. The van der Waals surface area contributed by atoms with Crippen LogP contribution in [0.2, 0.25) is 0 Å². The van der Waals surface area contributed by atoms with E-state index in [0.29, 0.717) is 19.4 Å². The Labute approximate surface area is 104 Å². The van der Waals surface area contributed by atoms with E-state index in [4.69, 9.17) is 0 Å². The van der Waals surface area contributed by atoms with Crippen molar-refractivity contribution in [2.75, 3.05) is 29.6 Å². The second-order valence-electron chi connectivity index (χ2n) is 4.56.